The molecule has 3 aromatic heterocycles. The highest BCUT2D eigenvalue weighted by atomic mass is 32.1. The van der Waals surface area contributed by atoms with E-state index in [1.54, 1.807) is 13.2 Å². The quantitative estimate of drug-likeness (QED) is 0.466. The number of hydrogen-bond donors (Lipinski definition) is 2. The minimum Gasteiger partial charge on any atom is -0.382 e. The molecule has 4 aromatic rings. The van der Waals surface area contributed by atoms with Crippen LogP contribution in [0.3, 0.4) is 0 Å². The average Bonchev–Trinajstić information content (AvgIpc) is 2.78. The van der Waals surface area contributed by atoms with E-state index in [1.165, 1.54) is 4.57 Å². The molecule has 1 aromatic carbocycles. The maximum atomic E-state index is 12.1. The molecule has 8 nitrogen and oxygen atoms in total. The predicted molar refractivity (Wildman–Crippen MR) is 131 cm³/mol. The number of fused-ring (bicyclic) bond motifs is 2. The third kappa shape index (κ3) is 3.63. The number of piperazine rings is 1. The first kappa shape index (κ1) is 20.6. The van der Waals surface area contributed by atoms with Gasteiger partial charge >= 0.3 is 5.69 Å². The molecule has 0 aliphatic carbocycles. The first-order chi connectivity index (χ1) is 15.4. The second-order valence-corrected chi connectivity index (χ2v) is 8.68. The molecule has 1 aliphatic rings. The Morgan fingerprint density at radius 2 is 1.94 bits per heavy atom. The molecular weight excluding hydrogens is 422 g/mol. The van der Waals surface area contributed by atoms with Gasteiger partial charge in [0.2, 0.25) is 0 Å². The summed E-state index contributed by atoms with van der Waals surface area (Å²) in [6.45, 7) is 6.59. The molecule has 4 heterocycles. The van der Waals surface area contributed by atoms with Gasteiger partial charge in [-0.2, -0.15) is 0 Å². The van der Waals surface area contributed by atoms with Gasteiger partial charge in [-0.25, -0.2) is 14.8 Å². The van der Waals surface area contributed by atoms with E-state index in [9.17, 15) is 4.79 Å². The number of benzene rings is 1. The van der Waals surface area contributed by atoms with Crippen LogP contribution in [0.1, 0.15) is 11.3 Å². The highest BCUT2D eigenvalue weighted by Crippen LogP contribution is 2.27. The largest absolute Gasteiger partial charge is 0.382 e. The van der Waals surface area contributed by atoms with E-state index in [0.29, 0.717) is 10.5 Å². The molecule has 1 fully saturated rings. The first-order valence-corrected chi connectivity index (χ1v) is 11.0. The van der Waals surface area contributed by atoms with Crippen molar-refractivity contribution >= 4 is 45.5 Å². The van der Waals surface area contributed by atoms with E-state index < -0.39 is 0 Å². The monoisotopic (exact) mass is 447 g/mol. The van der Waals surface area contributed by atoms with Gasteiger partial charge in [0.15, 0.2) is 0 Å². The fourth-order valence-electron chi connectivity index (χ4n) is 4.38. The average molecular weight is 448 g/mol. The second kappa shape index (κ2) is 7.99. The van der Waals surface area contributed by atoms with Gasteiger partial charge in [-0.3, -0.25) is 9.47 Å². The van der Waals surface area contributed by atoms with Gasteiger partial charge in [-0.05, 0) is 36.8 Å². The van der Waals surface area contributed by atoms with Crippen LogP contribution in [0.4, 0.5) is 11.5 Å². The zero-order valence-corrected chi connectivity index (χ0v) is 18.9. The number of aryl methyl sites for hydroxylation is 1. The van der Waals surface area contributed by atoms with Gasteiger partial charge in [0, 0.05) is 56.7 Å². The molecule has 0 amide bonds. The van der Waals surface area contributed by atoms with Crippen molar-refractivity contribution in [1.29, 1.82) is 0 Å². The number of H-pyrrole nitrogens is 1. The topological polar surface area (TPSA) is 96.1 Å². The Labute approximate surface area is 190 Å². The van der Waals surface area contributed by atoms with Crippen LogP contribution < -0.4 is 16.3 Å². The zero-order chi connectivity index (χ0) is 22.4. The number of nitrogens with one attached hydrogen (secondary N) is 1. The molecule has 0 spiro atoms. The number of nitrogens with two attached hydrogens (primary N) is 1. The number of rotatable bonds is 3. The van der Waals surface area contributed by atoms with Crippen molar-refractivity contribution in [2.75, 3.05) is 36.8 Å². The lowest BCUT2D eigenvalue weighted by molar-refractivity contribution is 0.250. The number of nitrogen functional groups attached to an aromatic ring is 1. The summed E-state index contributed by atoms with van der Waals surface area (Å²) in [6, 6.07) is 10.3. The maximum absolute atomic E-state index is 12.1. The summed E-state index contributed by atoms with van der Waals surface area (Å²) < 4.78 is 2.02. The predicted octanol–water partition coefficient (Wildman–Crippen LogP) is 2.75. The van der Waals surface area contributed by atoms with Gasteiger partial charge in [-0.15, -0.1) is 0 Å². The van der Waals surface area contributed by atoms with Gasteiger partial charge in [0.25, 0.3) is 0 Å². The molecule has 0 bridgehead atoms. The molecule has 0 atom stereocenters. The smallest absolute Gasteiger partial charge is 0.326 e. The van der Waals surface area contributed by atoms with Crippen LogP contribution in [-0.4, -0.2) is 50.6 Å². The Hall–Kier alpha value is -3.30. The third-order valence-electron chi connectivity index (χ3n) is 6.21. The van der Waals surface area contributed by atoms with E-state index in [4.69, 9.17) is 22.9 Å². The lowest BCUT2D eigenvalue weighted by Gasteiger charge is -2.36. The molecule has 1 saturated heterocycles. The molecule has 0 radical (unpaired) electrons. The summed E-state index contributed by atoms with van der Waals surface area (Å²) in [7, 11) is 1.69. The van der Waals surface area contributed by atoms with Crippen LogP contribution in [0.15, 0.2) is 41.3 Å². The molecule has 3 N–H and O–H groups in total. The van der Waals surface area contributed by atoms with Crippen molar-refractivity contribution in [1.82, 2.24) is 24.4 Å². The summed E-state index contributed by atoms with van der Waals surface area (Å²) in [5.74, 6) is 0.468. The van der Waals surface area contributed by atoms with Crippen LogP contribution >= 0.6 is 12.2 Å². The Morgan fingerprint density at radius 3 is 2.72 bits per heavy atom. The number of pyridine rings is 2. The highest BCUT2D eigenvalue weighted by Gasteiger charge is 2.20. The van der Waals surface area contributed by atoms with Crippen molar-refractivity contribution in [2.45, 2.75) is 13.5 Å². The molecule has 5 rings (SSSR count). The van der Waals surface area contributed by atoms with Gasteiger partial charge in [-0.1, -0.05) is 18.3 Å². The van der Waals surface area contributed by atoms with Crippen molar-refractivity contribution in [3.05, 3.63) is 62.9 Å². The second-order valence-electron chi connectivity index (χ2n) is 8.30. The standard InChI is InChI=1S/C23H25N7OS/c1-14-19(12-16-5-6-25-21(24)20(16)26-14)30-9-7-29(8-10-30)13-15-3-4-17-18(11-15)27-23(31)28(2)22(17)32/h3-6,11-12H,7-10,13H2,1-2H3,(H2,24,25)(H,27,31). The molecule has 0 saturated carbocycles. The highest BCUT2D eigenvalue weighted by molar-refractivity contribution is 7.71. The van der Waals surface area contributed by atoms with Crippen molar-refractivity contribution in [3.63, 3.8) is 0 Å². The van der Waals surface area contributed by atoms with E-state index in [1.807, 2.05) is 25.1 Å². The summed E-state index contributed by atoms with van der Waals surface area (Å²) in [6.07, 6.45) is 1.72. The first-order valence-electron chi connectivity index (χ1n) is 10.6. The van der Waals surface area contributed by atoms with E-state index >= 15 is 0 Å². The van der Waals surface area contributed by atoms with Crippen LogP contribution in [-0.2, 0) is 13.6 Å². The summed E-state index contributed by atoms with van der Waals surface area (Å²) in [5.41, 5.74) is 10.6. The van der Waals surface area contributed by atoms with E-state index in [0.717, 1.165) is 71.5 Å². The normalized spacial score (nSPS) is 15.0. The van der Waals surface area contributed by atoms with E-state index in [-0.39, 0.29) is 5.69 Å². The van der Waals surface area contributed by atoms with Crippen LogP contribution in [0.5, 0.6) is 0 Å². The number of nitrogens with zero attached hydrogens (tertiary/aromatic N) is 5. The lowest BCUT2D eigenvalue weighted by Crippen LogP contribution is -2.46. The Bertz CT molecular complexity index is 1450. The Kier molecular flexibility index (Phi) is 5.15. The Balaban J connectivity index is 1.32. The molecule has 0 unspecified atom stereocenters. The summed E-state index contributed by atoms with van der Waals surface area (Å²) >= 11 is 5.40. The number of hydrogen-bond acceptors (Lipinski definition) is 7. The fraction of sp³-hybridized carbons (Fsp3) is 0.304. The minimum absolute atomic E-state index is 0.190. The summed E-state index contributed by atoms with van der Waals surface area (Å²) in [4.78, 5) is 28.6. The zero-order valence-electron chi connectivity index (χ0n) is 18.1. The molecule has 9 heteroatoms. The summed E-state index contributed by atoms with van der Waals surface area (Å²) in [5, 5.41) is 1.91. The SMILES string of the molecule is Cc1nc2c(N)nccc2cc1N1CCN(Cc2ccc3c(=S)n(C)c(=O)[nH]c3c2)CC1. The molecule has 164 valence electrons. The van der Waals surface area contributed by atoms with Crippen molar-refractivity contribution in [3.8, 4) is 0 Å². The number of aromatic nitrogens is 4. The van der Waals surface area contributed by atoms with Crippen LogP contribution in [0.25, 0.3) is 21.8 Å². The minimum atomic E-state index is -0.190. The van der Waals surface area contributed by atoms with Crippen LogP contribution in [0.2, 0.25) is 0 Å². The fourth-order valence-corrected chi connectivity index (χ4v) is 4.64. The van der Waals surface area contributed by atoms with E-state index in [2.05, 4.69) is 31.9 Å². The molecular formula is C23H25N7OS. The van der Waals surface area contributed by atoms with Crippen molar-refractivity contribution in [2.24, 2.45) is 7.05 Å². The van der Waals surface area contributed by atoms with Gasteiger partial charge in [0.05, 0.1) is 16.9 Å². The maximum Gasteiger partial charge on any atom is 0.326 e. The number of anilines is 2. The van der Waals surface area contributed by atoms with Crippen molar-refractivity contribution < 1.29 is 0 Å². The van der Waals surface area contributed by atoms with Crippen LogP contribution in [0, 0.1) is 11.6 Å². The molecule has 1 aliphatic heterocycles. The third-order valence-corrected chi connectivity index (χ3v) is 6.70. The lowest BCUT2D eigenvalue weighted by atomic mass is 10.1. The van der Waals surface area contributed by atoms with Gasteiger partial charge < -0.3 is 15.6 Å². The van der Waals surface area contributed by atoms with Gasteiger partial charge in [0.1, 0.15) is 16.0 Å². The molecule has 32 heavy (non-hydrogen) atoms. The Morgan fingerprint density at radius 1 is 1.16 bits per heavy atom. The number of aromatic amines is 1.